The van der Waals surface area contributed by atoms with Gasteiger partial charge in [0.15, 0.2) is 5.78 Å². The lowest BCUT2D eigenvalue weighted by molar-refractivity contribution is 0.104. The average Bonchev–Trinajstić information content (AvgIpc) is 3.12. The number of phenolic OH excluding ortho intramolecular Hbond substituents is 1. The van der Waals surface area contributed by atoms with Crippen molar-refractivity contribution in [1.82, 2.24) is 0 Å². The number of hydrogen-bond acceptors (Lipinski definition) is 10. The van der Waals surface area contributed by atoms with Crippen LogP contribution in [0.25, 0.3) is 34.2 Å². The Morgan fingerprint density at radius 3 is 2.10 bits per heavy atom. The Morgan fingerprint density at radius 1 is 0.800 bits per heavy atom. The summed E-state index contributed by atoms with van der Waals surface area (Å²) in [6.07, 6.45) is 7.00. The van der Waals surface area contributed by atoms with E-state index in [1.807, 2.05) is 56.3 Å². The Kier molecular flexibility index (Phi) is 10.5. The number of carbonyl (C=O) groups is 1. The molecule has 50 heavy (non-hydrogen) atoms. The van der Waals surface area contributed by atoms with Crippen molar-refractivity contribution in [2.24, 2.45) is 0 Å². The highest BCUT2D eigenvalue weighted by Crippen LogP contribution is 2.47. The fourth-order valence-electron chi connectivity index (χ4n) is 5.48. The number of methoxy groups -OCH3 is 5. The lowest BCUT2D eigenvalue weighted by atomic mass is 9.98. The highest BCUT2D eigenvalue weighted by molar-refractivity contribution is 6.10. The molecule has 6 rings (SSSR count). The molecule has 0 unspecified atom stereocenters. The second-order valence-corrected chi connectivity index (χ2v) is 11.6. The van der Waals surface area contributed by atoms with Crippen molar-refractivity contribution in [3.63, 3.8) is 0 Å². The van der Waals surface area contributed by atoms with Gasteiger partial charge in [0.05, 0.1) is 41.1 Å². The molecule has 0 spiro atoms. The molecule has 10 heteroatoms. The molecule has 0 saturated carbocycles. The minimum Gasteiger partial charge on any atom is -0.507 e. The van der Waals surface area contributed by atoms with Gasteiger partial charge in [0.25, 0.3) is 0 Å². The summed E-state index contributed by atoms with van der Waals surface area (Å²) in [7, 11) is 7.59. The highest BCUT2D eigenvalue weighted by Gasteiger charge is 2.29. The standard InChI is InChI=1S/C23H22O6.C17H16O4/c1-23(2)11-10-15-16(29-23)12-17-19(20(15)26-4)21(27-5)18(22(24)28-17)13-6-8-14(25-3)9-7-13;1-20-13-10-15(19)17(16(11-13)21-2)14(18)9-8-12-6-4-3-5-7-12/h6-12H,1-5H3;3-11,19H,1-2H3. The quantitative estimate of drug-likeness (QED) is 0.0933. The lowest BCUT2D eigenvalue weighted by Crippen LogP contribution is -2.27. The maximum Gasteiger partial charge on any atom is 0.347 e. The van der Waals surface area contributed by atoms with Crippen molar-refractivity contribution in [3.8, 4) is 51.4 Å². The third-order valence-electron chi connectivity index (χ3n) is 7.90. The van der Waals surface area contributed by atoms with E-state index in [4.69, 9.17) is 32.8 Å². The molecule has 258 valence electrons. The van der Waals surface area contributed by atoms with Crippen LogP contribution in [-0.4, -0.2) is 52.0 Å². The predicted octanol–water partition coefficient (Wildman–Crippen LogP) is 7.98. The van der Waals surface area contributed by atoms with Crippen LogP contribution >= 0.6 is 0 Å². The zero-order valence-corrected chi connectivity index (χ0v) is 28.9. The summed E-state index contributed by atoms with van der Waals surface area (Å²) in [6, 6.07) is 21.2. The van der Waals surface area contributed by atoms with Gasteiger partial charge in [-0.1, -0.05) is 48.5 Å². The van der Waals surface area contributed by atoms with Crippen LogP contribution in [0.1, 0.15) is 35.3 Å². The largest absolute Gasteiger partial charge is 0.507 e. The molecule has 1 aliphatic heterocycles. The molecule has 5 aromatic rings. The molecule has 4 aromatic carbocycles. The first-order valence-corrected chi connectivity index (χ1v) is 15.5. The van der Waals surface area contributed by atoms with E-state index in [0.29, 0.717) is 50.8 Å². The van der Waals surface area contributed by atoms with Gasteiger partial charge in [0.1, 0.15) is 67.9 Å². The van der Waals surface area contributed by atoms with E-state index in [-0.39, 0.29) is 22.8 Å². The van der Waals surface area contributed by atoms with Crippen molar-refractivity contribution in [2.75, 3.05) is 35.5 Å². The maximum atomic E-state index is 12.9. The van der Waals surface area contributed by atoms with Crippen LogP contribution in [0.3, 0.4) is 0 Å². The van der Waals surface area contributed by atoms with E-state index in [1.54, 1.807) is 56.7 Å². The number of fused-ring (bicyclic) bond motifs is 2. The van der Waals surface area contributed by atoms with Crippen molar-refractivity contribution in [2.45, 2.75) is 19.4 Å². The van der Waals surface area contributed by atoms with Gasteiger partial charge in [-0.15, -0.1) is 0 Å². The molecule has 0 amide bonds. The molecular weight excluding hydrogens is 640 g/mol. The van der Waals surface area contributed by atoms with Gasteiger partial charge in [-0.3, -0.25) is 4.79 Å². The zero-order valence-electron chi connectivity index (χ0n) is 28.9. The fourth-order valence-corrected chi connectivity index (χ4v) is 5.48. The molecule has 0 radical (unpaired) electrons. The van der Waals surface area contributed by atoms with Gasteiger partial charge in [-0.05, 0) is 55.3 Å². The SMILES string of the molecule is COc1cc(O)c(C(=O)C=Cc2ccccc2)c(OC)c1.COc1ccc(-c2c(OC)c3c(OC)c4c(cc3oc2=O)OC(C)(C)C=C4)cc1. The Labute approximate surface area is 289 Å². The minimum absolute atomic E-state index is 0.116. The molecule has 0 bridgehead atoms. The summed E-state index contributed by atoms with van der Waals surface area (Å²) in [5.41, 5.74) is 2.13. The van der Waals surface area contributed by atoms with E-state index < -0.39 is 11.2 Å². The maximum absolute atomic E-state index is 12.9. The number of ether oxygens (including phenoxy) is 6. The molecule has 0 saturated heterocycles. The molecule has 10 nitrogen and oxygen atoms in total. The van der Waals surface area contributed by atoms with Crippen LogP contribution in [0, 0.1) is 0 Å². The molecule has 0 aliphatic carbocycles. The summed E-state index contributed by atoms with van der Waals surface area (Å²) in [5.74, 6) is 2.38. The number of phenols is 1. The van der Waals surface area contributed by atoms with Gasteiger partial charge in [-0.25, -0.2) is 4.79 Å². The lowest BCUT2D eigenvalue weighted by Gasteiger charge is -2.29. The Bertz CT molecular complexity index is 2130. The van der Waals surface area contributed by atoms with E-state index in [9.17, 15) is 14.7 Å². The summed E-state index contributed by atoms with van der Waals surface area (Å²) in [4.78, 5) is 25.1. The Morgan fingerprint density at radius 2 is 1.48 bits per heavy atom. The first kappa shape index (κ1) is 35.2. The number of ketones is 1. The Hall–Kier alpha value is -6.16. The predicted molar refractivity (Wildman–Crippen MR) is 192 cm³/mol. The number of benzene rings is 4. The van der Waals surface area contributed by atoms with Crippen molar-refractivity contribution in [1.29, 1.82) is 0 Å². The second kappa shape index (κ2) is 14.9. The monoisotopic (exact) mass is 678 g/mol. The topological polar surface area (TPSA) is 123 Å². The van der Waals surface area contributed by atoms with Crippen molar-refractivity contribution < 1.29 is 42.7 Å². The molecule has 1 aromatic heterocycles. The third-order valence-corrected chi connectivity index (χ3v) is 7.90. The van der Waals surface area contributed by atoms with Crippen LogP contribution < -0.4 is 34.0 Å². The summed E-state index contributed by atoms with van der Waals surface area (Å²) < 4.78 is 38.5. The van der Waals surface area contributed by atoms with E-state index >= 15 is 0 Å². The van der Waals surface area contributed by atoms with E-state index in [2.05, 4.69) is 0 Å². The summed E-state index contributed by atoms with van der Waals surface area (Å²) in [6.45, 7) is 3.90. The van der Waals surface area contributed by atoms with Gasteiger partial charge < -0.3 is 37.9 Å². The second-order valence-electron chi connectivity index (χ2n) is 11.6. The van der Waals surface area contributed by atoms with Gasteiger partial charge >= 0.3 is 5.63 Å². The normalized spacial score (nSPS) is 12.7. The van der Waals surface area contributed by atoms with Crippen LogP contribution in [0.15, 0.2) is 94.2 Å². The van der Waals surface area contributed by atoms with Crippen LogP contribution in [0.4, 0.5) is 0 Å². The summed E-state index contributed by atoms with van der Waals surface area (Å²) in [5, 5.41) is 10.6. The number of hydrogen-bond donors (Lipinski definition) is 1. The molecule has 1 aliphatic rings. The van der Waals surface area contributed by atoms with Crippen LogP contribution in [-0.2, 0) is 0 Å². The molecular formula is C40H38O10. The zero-order chi connectivity index (χ0) is 36.0. The third kappa shape index (κ3) is 7.29. The van der Waals surface area contributed by atoms with Crippen molar-refractivity contribution in [3.05, 3.63) is 112 Å². The van der Waals surface area contributed by atoms with Crippen molar-refractivity contribution >= 4 is 28.9 Å². The van der Waals surface area contributed by atoms with Gasteiger partial charge in [0, 0.05) is 18.2 Å². The van der Waals surface area contributed by atoms with E-state index in [1.165, 1.54) is 33.5 Å². The number of rotatable bonds is 9. The molecule has 2 heterocycles. The molecule has 0 atom stereocenters. The smallest absolute Gasteiger partial charge is 0.347 e. The molecule has 0 fully saturated rings. The van der Waals surface area contributed by atoms with Crippen LogP contribution in [0.5, 0.6) is 40.2 Å². The van der Waals surface area contributed by atoms with E-state index in [0.717, 1.165) is 11.1 Å². The first-order valence-electron chi connectivity index (χ1n) is 15.5. The number of allylic oxidation sites excluding steroid dienone is 1. The fraction of sp³-hybridized carbons (Fsp3) is 0.200. The van der Waals surface area contributed by atoms with Crippen LogP contribution in [0.2, 0.25) is 0 Å². The first-order chi connectivity index (χ1) is 24.0. The van der Waals surface area contributed by atoms with Gasteiger partial charge in [0.2, 0.25) is 0 Å². The highest BCUT2D eigenvalue weighted by atomic mass is 16.5. The minimum atomic E-state index is -0.507. The number of aromatic hydroxyl groups is 1. The molecule has 1 N–H and O–H groups in total. The van der Waals surface area contributed by atoms with Gasteiger partial charge in [-0.2, -0.15) is 0 Å². The summed E-state index contributed by atoms with van der Waals surface area (Å²) >= 11 is 0. The number of carbonyl (C=O) groups excluding carboxylic acids is 1. The average molecular weight is 679 g/mol. The Balaban J connectivity index is 0.000000205.